The number of rotatable bonds is 2. The Morgan fingerprint density at radius 2 is 1.85 bits per heavy atom. The van der Waals surface area contributed by atoms with E-state index < -0.39 is 0 Å². The highest BCUT2D eigenvalue weighted by Gasteiger charge is 2.46. The van der Waals surface area contributed by atoms with Crippen molar-refractivity contribution in [3.63, 3.8) is 0 Å². The molecule has 2 heterocycles. The molecule has 0 bridgehead atoms. The zero-order valence-corrected chi connectivity index (χ0v) is 12.8. The molecule has 3 aliphatic rings. The van der Waals surface area contributed by atoms with Crippen LogP contribution in [-0.4, -0.2) is 54.0 Å². The summed E-state index contributed by atoms with van der Waals surface area (Å²) in [4.78, 5) is 17.5. The lowest BCUT2D eigenvalue weighted by Gasteiger charge is -2.34. The Labute approximate surface area is 122 Å². The summed E-state index contributed by atoms with van der Waals surface area (Å²) in [5.74, 6) is 0.321. The van der Waals surface area contributed by atoms with E-state index in [1.54, 1.807) is 0 Å². The van der Waals surface area contributed by atoms with Gasteiger partial charge in [-0.15, -0.1) is 0 Å². The van der Waals surface area contributed by atoms with Crippen molar-refractivity contribution in [2.75, 3.05) is 26.2 Å². The van der Waals surface area contributed by atoms with Gasteiger partial charge in [-0.25, -0.2) is 0 Å². The van der Waals surface area contributed by atoms with Crippen molar-refractivity contribution < 1.29 is 4.79 Å². The van der Waals surface area contributed by atoms with E-state index in [4.69, 9.17) is 5.73 Å². The first kappa shape index (κ1) is 14.3. The van der Waals surface area contributed by atoms with Crippen molar-refractivity contribution in [1.82, 2.24) is 9.80 Å². The molecule has 0 radical (unpaired) electrons. The quantitative estimate of drug-likeness (QED) is 0.835. The largest absolute Gasteiger partial charge is 0.341 e. The average molecular weight is 279 g/mol. The molecule has 3 fully saturated rings. The van der Waals surface area contributed by atoms with Crippen molar-refractivity contribution in [2.45, 2.75) is 64.0 Å². The first-order valence-corrected chi connectivity index (χ1v) is 8.40. The Kier molecular flexibility index (Phi) is 4.04. The number of piperidine rings is 1. The molecule has 2 N–H and O–H groups in total. The maximum Gasteiger partial charge on any atom is 0.230 e. The Hall–Kier alpha value is -0.610. The summed E-state index contributed by atoms with van der Waals surface area (Å²) in [5.41, 5.74) is 5.91. The fourth-order valence-corrected chi connectivity index (χ4v) is 4.33. The minimum atomic E-state index is -0.295. The van der Waals surface area contributed by atoms with Crippen molar-refractivity contribution in [2.24, 2.45) is 11.1 Å². The molecule has 114 valence electrons. The van der Waals surface area contributed by atoms with Gasteiger partial charge in [0.15, 0.2) is 0 Å². The summed E-state index contributed by atoms with van der Waals surface area (Å²) in [7, 11) is 0. The smallest absolute Gasteiger partial charge is 0.230 e. The molecule has 1 saturated carbocycles. The molecule has 3 unspecified atom stereocenters. The lowest BCUT2D eigenvalue weighted by Crippen LogP contribution is -2.49. The molecule has 1 aliphatic carbocycles. The highest BCUT2D eigenvalue weighted by Crippen LogP contribution is 2.39. The zero-order chi connectivity index (χ0) is 14.2. The van der Waals surface area contributed by atoms with Crippen LogP contribution < -0.4 is 5.73 Å². The van der Waals surface area contributed by atoms with Gasteiger partial charge in [0.05, 0.1) is 5.41 Å². The van der Waals surface area contributed by atoms with Crippen LogP contribution in [0.15, 0.2) is 0 Å². The molecule has 3 atom stereocenters. The van der Waals surface area contributed by atoms with Crippen molar-refractivity contribution in [3.05, 3.63) is 0 Å². The third-order valence-corrected chi connectivity index (χ3v) is 5.88. The Morgan fingerprint density at radius 1 is 1.10 bits per heavy atom. The highest BCUT2D eigenvalue weighted by atomic mass is 16.2. The molecule has 20 heavy (non-hydrogen) atoms. The second kappa shape index (κ2) is 5.64. The monoisotopic (exact) mass is 279 g/mol. The van der Waals surface area contributed by atoms with Gasteiger partial charge >= 0.3 is 0 Å². The van der Waals surface area contributed by atoms with Crippen LogP contribution in [-0.2, 0) is 4.79 Å². The summed E-state index contributed by atoms with van der Waals surface area (Å²) in [6, 6.07) is 0.657. The van der Waals surface area contributed by atoms with Gasteiger partial charge in [-0.3, -0.25) is 9.69 Å². The van der Waals surface area contributed by atoms with Crippen LogP contribution in [0.4, 0.5) is 0 Å². The second-order valence-electron chi connectivity index (χ2n) is 7.21. The normalized spacial score (nSPS) is 39.4. The van der Waals surface area contributed by atoms with Crippen molar-refractivity contribution in [1.29, 1.82) is 0 Å². The van der Waals surface area contributed by atoms with Crippen LogP contribution in [0.5, 0.6) is 0 Å². The Balaban J connectivity index is 1.60. The van der Waals surface area contributed by atoms with Crippen LogP contribution in [0.1, 0.15) is 51.9 Å². The third kappa shape index (κ3) is 2.48. The minimum absolute atomic E-state index is 0.0593. The molecule has 2 saturated heterocycles. The van der Waals surface area contributed by atoms with E-state index in [1.165, 1.54) is 32.4 Å². The molecule has 4 heteroatoms. The van der Waals surface area contributed by atoms with Crippen LogP contribution >= 0.6 is 0 Å². The van der Waals surface area contributed by atoms with E-state index in [9.17, 15) is 4.79 Å². The van der Waals surface area contributed by atoms with Crippen LogP contribution in [0.3, 0.4) is 0 Å². The highest BCUT2D eigenvalue weighted by molar-refractivity contribution is 5.83. The van der Waals surface area contributed by atoms with Gasteiger partial charge in [-0.1, -0.05) is 12.8 Å². The molecule has 1 amide bonds. The second-order valence-corrected chi connectivity index (χ2v) is 7.21. The molecule has 0 aromatic heterocycles. The summed E-state index contributed by atoms with van der Waals surface area (Å²) >= 11 is 0. The molecular formula is C16H29N3O. The van der Waals surface area contributed by atoms with E-state index in [-0.39, 0.29) is 11.5 Å². The number of carbonyl (C=O) groups excluding carboxylic acids is 1. The Bertz CT molecular complexity index is 367. The number of carbonyl (C=O) groups is 1. The van der Waals surface area contributed by atoms with E-state index in [0.717, 1.165) is 38.8 Å². The maximum atomic E-state index is 12.8. The fourth-order valence-electron chi connectivity index (χ4n) is 4.33. The summed E-state index contributed by atoms with van der Waals surface area (Å²) in [5, 5.41) is 0. The summed E-state index contributed by atoms with van der Waals surface area (Å²) in [6.45, 7) is 6.40. The molecule has 2 aliphatic heterocycles. The van der Waals surface area contributed by atoms with Crippen LogP contribution in [0, 0.1) is 5.41 Å². The van der Waals surface area contributed by atoms with E-state index in [2.05, 4.69) is 16.7 Å². The Morgan fingerprint density at radius 3 is 2.50 bits per heavy atom. The third-order valence-electron chi connectivity index (χ3n) is 5.88. The van der Waals surface area contributed by atoms with Crippen molar-refractivity contribution >= 4 is 5.91 Å². The molecule has 4 nitrogen and oxygen atoms in total. The molecule has 0 aromatic carbocycles. The van der Waals surface area contributed by atoms with Crippen LogP contribution in [0.2, 0.25) is 0 Å². The number of likely N-dealkylation sites (tertiary alicyclic amines) is 2. The van der Waals surface area contributed by atoms with Gasteiger partial charge in [-0.2, -0.15) is 0 Å². The number of amides is 1. The fraction of sp³-hybridized carbons (Fsp3) is 0.938. The predicted octanol–water partition coefficient (Wildman–Crippen LogP) is 1.59. The summed E-state index contributed by atoms with van der Waals surface area (Å²) in [6.07, 6.45) is 8.26. The van der Waals surface area contributed by atoms with Crippen LogP contribution in [0.25, 0.3) is 0 Å². The topological polar surface area (TPSA) is 49.6 Å². The SMILES string of the molecule is CC1(C(=O)N2CCC(N3CCCCC3)C2)CCCC1N. The van der Waals surface area contributed by atoms with Gasteiger partial charge in [0.1, 0.15) is 0 Å². The summed E-state index contributed by atoms with van der Waals surface area (Å²) < 4.78 is 0. The lowest BCUT2D eigenvalue weighted by atomic mass is 9.83. The van der Waals surface area contributed by atoms with E-state index in [0.29, 0.717) is 11.9 Å². The predicted molar refractivity (Wildman–Crippen MR) is 80.3 cm³/mol. The van der Waals surface area contributed by atoms with Gasteiger partial charge in [-0.05, 0) is 52.1 Å². The standard InChI is InChI=1S/C16H29N3O/c1-16(8-5-6-14(16)17)15(20)19-11-7-13(12-19)18-9-3-2-4-10-18/h13-14H,2-12,17H2,1H3. The maximum absolute atomic E-state index is 12.8. The van der Waals surface area contributed by atoms with E-state index >= 15 is 0 Å². The van der Waals surface area contributed by atoms with Gasteiger partial charge in [0.2, 0.25) is 5.91 Å². The number of nitrogens with two attached hydrogens (primary N) is 1. The first-order valence-electron chi connectivity index (χ1n) is 8.40. The average Bonchev–Trinajstić information content (AvgIpc) is 3.08. The molecule has 0 aromatic rings. The minimum Gasteiger partial charge on any atom is -0.341 e. The number of hydrogen-bond donors (Lipinski definition) is 1. The lowest BCUT2D eigenvalue weighted by molar-refractivity contribution is -0.140. The molecule has 0 spiro atoms. The van der Waals surface area contributed by atoms with Gasteiger partial charge < -0.3 is 10.6 Å². The number of nitrogens with zero attached hydrogens (tertiary/aromatic N) is 2. The molecular weight excluding hydrogens is 250 g/mol. The van der Waals surface area contributed by atoms with Crippen molar-refractivity contribution in [3.8, 4) is 0 Å². The zero-order valence-electron chi connectivity index (χ0n) is 12.8. The number of hydrogen-bond acceptors (Lipinski definition) is 3. The molecule has 3 rings (SSSR count). The van der Waals surface area contributed by atoms with Gasteiger partial charge in [0.25, 0.3) is 0 Å². The first-order chi connectivity index (χ1) is 9.61. The van der Waals surface area contributed by atoms with Gasteiger partial charge in [0, 0.05) is 25.2 Å². The van der Waals surface area contributed by atoms with E-state index in [1.807, 2.05) is 0 Å².